The second-order valence-corrected chi connectivity index (χ2v) is 8.16. The number of hydrogen-bond donors (Lipinski definition) is 2. The Bertz CT molecular complexity index is 1210. The van der Waals surface area contributed by atoms with Crippen LogP contribution < -0.4 is 15.6 Å². The van der Waals surface area contributed by atoms with Gasteiger partial charge in [-0.15, -0.1) is 0 Å². The van der Waals surface area contributed by atoms with Crippen LogP contribution in [0, 0.1) is 5.82 Å². The first kappa shape index (κ1) is 21.3. The normalized spacial score (nSPS) is 11.3. The van der Waals surface area contributed by atoms with Gasteiger partial charge in [-0.05, 0) is 54.6 Å². The van der Waals surface area contributed by atoms with Crippen molar-refractivity contribution in [3.8, 4) is 11.3 Å². The van der Waals surface area contributed by atoms with E-state index in [-0.39, 0.29) is 35.3 Å². The van der Waals surface area contributed by atoms with Crippen LogP contribution in [0.15, 0.2) is 70.4 Å². The standard InChI is InChI=1S/C20H19FN4O4S/c1-14(26)23-17-6-8-18(9-7-17)30(28,29)22-12-13-25-20(27)11-10-19(24-25)15-2-4-16(21)5-3-15/h2-11,22H,12-13H2,1H3,(H,23,26). The largest absolute Gasteiger partial charge is 0.326 e. The van der Waals surface area contributed by atoms with E-state index in [1.54, 1.807) is 12.1 Å². The summed E-state index contributed by atoms with van der Waals surface area (Å²) < 4.78 is 41.5. The number of benzene rings is 2. The molecule has 0 radical (unpaired) electrons. The summed E-state index contributed by atoms with van der Waals surface area (Å²) in [5, 5.41) is 6.77. The Kier molecular flexibility index (Phi) is 6.38. The summed E-state index contributed by atoms with van der Waals surface area (Å²) in [6.45, 7) is 1.31. The smallest absolute Gasteiger partial charge is 0.266 e. The zero-order chi connectivity index (χ0) is 21.7. The average Bonchev–Trinajstić information content (AvgIpc) is 2.70. The van der Waals surface area contributed by atoms with Crippen molar-refractivity contribution in [3.63, 3.8) is 0 Å². The van der Waals surface area contributed by atoms with Gasteiger partial charge in [0, 0.05) is 30.8 Å². The summed E-state index contributed by atoms with van der Waals surface area (Å²) in [6, 6.07) is 14.2. The van der Waals surface area contributed by atoms with Crippen molar-refractivity contribution in [1.82, 2.24) is 14.5 Å². The van der Waals surface area contributed by atoms with Crippen molar-refractivity contribution in [2.75, 3.05) is 11.9 Å². The first-order valence-corrected chi connectivity index (χ1v) is 10.4. The Morgan fingerprint density at radius 1 is 1.03 bits per heavy atom. The number of nitrogens with one attached hydrogen (secondary N) is 2. The summed E-state index contributed by atoms with van der Waals surface area (Å²) in [6.07, 6.45) is 0. The maximum absolute atomic E-state index is 13.1. The first-order valence-electron chi connectivity index (χ1n) is 8.96. The van der Waals surface area contributed by atoms with Crippen LogP contribution >= 0.6 is 0 Å². The molecule has 0 atom stereocenters. The van der Waals surface area contributed by atoms with E-state index in [0.29, 0.717) is 16.9 Å². The van der Waals surface area contributed by atoms with E-state index in [1.165, 1.54) is 55.5 Å². The number of hydrogen-bond acceptors (Lipinski definition) is 5. The zero-order valence-electron chi connectivity index (χ0n) is 16.0. The lowest BCUT2D eigenvalue weighted by molar-refractivity contribution is -0.114. The van der Waals surface area contributed by atoms with Gasteiger partial charge in [0.25, 0.3) is 5.56 Å². The molecule has 0 aliphatic carbocycles. The third-order valence-electron chi connectivity index (χ3n) is 4.11. The lowest BCUT2D eigenvalue weighted by atomic mass is 10.1. The van der Waals surface area contributed by atoms with Crippen LogP contribution in [0.3, 0.4) is 0 Å². The lowest BCUT2D eigenvalue weighted by Crippen LogP contribution is -2.32. The molecule has 10 heteroatoms. The van der Waals surface area contributed by atoms with E-state index in [2.05, 4.69) is 15.1 Å². The van der Waals surface area contributed by atoms with Crippen molar-refractivity contribution in [2.24, 2.45) is 0 Å². The van der Waals surface area contributed by atoms with Gasteiger partial charge < -0.3 is 5.32 Å². The van der Waals surface area contributed by atoms with Crippen molar-refractivity contribution in [2.45, 2.75) is 18.4 Å². The molecular formula is C20H19FN4O4S. The Morgan fingerprint density at radius 3 is 2.33 bits per heavy atom. The highest BCUT2D eigenvalue weighted by molar-refractivity contribution is 7.89. The highest BCUT2D eigenvalue weighted by Gasteiger charge is 2.14. The molecule has 0 bridgehead atoms. The Balaban J connectivity index is 1.68. The highest BCUT2D eigenvalue weighted by Crippen LogP contribution is 2.16. The number of sulfonamides is 1. The van der Waals surface area contributed by atoms with Gasteiger partial charge in [0.1, 0.15) is 5.82 Å². The van der Waals surface area contributed by atoms with E-state index < -0.39 is 10.0 Å². The predicted molar refractivity (Wildman–Crippen MR) is 110 cm³/mol. The van der Waals surface area contributed by atoms with Gasteiger partial charge in [0.15, 0.2) is 0 Å². The molecule has 156 valence electrons. The zero-order valence-corrected chi connectivity index (χ0v) is 16.8. The first-order chi connectivity index (χ1) is 14.2. The summed E-state index contributed by atoms with van der Waals surface area (Å²) in [4.78, 5) is 23.1. The van der Waals surface area contributed by atoms with Gasteiger partial charge in [0.05, 0.1) is 17.1 Å². The molecule has 3 aromatic rings. The summed E-state index contributed by atoms with van der Waals surface area (Å²) in [5.74, 6) is -0.642. The van der Waals surface area contributed by atoms with Crippen LogP contribution in [0.1, 0.15) is 6.92 Å². The number of carbonyl (C=O) groups excluding carboxylic acids is 1. The molecule has 0 saturated heterocycles. The van der Waals surface area contributed by atoms with Crippen molar-refractivity contribution >= 4 is 21.6 Å². The molecule has 0 saturated carbocycles. The van der Waals surface area contributed by atoms with Crippen LogP contribution in [0.5, 0.6) is 0 Å². The summed E-state index contributed by atoms with van der Waals surface area (Å²) >= 11 is 0. The van der Waals surface area contributed by atoms with Crippen LogP contribution in [-0.2, 0) is 21.4 Å². The Hall–Kier alpha value is -3.37. The average molecular weight is 430 g/mol. The Labute approximate surface area is 172 Å². The maximum Gasteiger partial charge on any atom is 0.266 e. The van der Waals surface area contributed by atoms with Crippen molar-refractivity contribution < 1.29 is 17.6 Å². The quantitative estimate of drug-likeness (QED) is 0.596. The molecular weight excluding hydrogens is 411 g/mol. The van der Waals surface area contributed by atoms with E-state index in [1.807, 2.05) is 0 Å². The molecule has 0 unspecified atom stereocenters. The molecule has 30 heavy (non-hydrogen) atoms. The molecule has 1 aromatic heterocycles. The van der Waals surface area contributed by atoms with Crippen molar-refractivity contribution in [1.29, 1.82) is 0 Å². The number of aromatic nitrogens is 2. The fraction of sp³-hybridized carbons (Fsp3) is 0.150. The van der Waals surface area contributed by atoms with E-state index in [0.717, 1.165) is 4.68 Å². The van der Waals surface area contributed by atoms with Gasteiger partial charge in [0.2, 0.25) is 15.9 Å². The molecule has 0 aliphatic rings. The second-order valence-electron chi connectivity index (χ2n) is 6.39. The van der Waals surface area contributed by atoms with Crippen molar-refractivity contribution in [3.05, 3.63) is 76.8 Å². The third-order valence-corrected chi connectivity index (χ3v) is 5.58. The molecule has 2 aromatic carbocycles. The van der Waals surface area contributed by atoms with E-state index in [9.17, 15) is 22.4 Å². The van der Waals surface area contributed by atoms with Crippen LogP contribution in [0.4, 0.5) is 10.1 Å². The number of rotatable bonds is 7. The van der Waals surface area contributed by atoms with Crippen LogP contribution in [-0.4, -0.2) is 30.7 Å². The SMILES string of the molecule is CC(=O)Nc1ccc(S(=O)(=O)NCCn2nc(-c3ccc(F)cc3)ccc2=O)cc1. The molecule has 8 nitrogen and oxygen atoms in total. The van der Waals surface area contributed by atoms with Gasteiger partial charge in [-0.3, -0.25) is 9.59 Å². The fourth-order valence-corrected chi connectivity index (χ4v) is 3.69. The van der Waals surface area contributed by atoms with Crippen LogP contribution in [0.25, 0.3) is 11.3 Å². The molecule has 0 fully saturated rings. The van der Waals surface area contributed by atoms with E-state index >= 15 is 0 Å². The molecule has 2 N–H and O–H groups in total. The van der Waals surface area contributed by atoms with Gasteiger partial charge >= 0.3 is 0 Å². The number of nitrogens with zero attached hydrogens (tertiary/aromatic N) is 2. The fourth-order valence-electron chi connectivity index (χ4n) is 2.67. The minimum atomic E-state index is -3.80. The minimum absolute atomic E-state index is 0.0110. The van der Waals surface area contributed by atoms with Gasteiger partial charge in [-0.2, -0.15) is 5.10 Å². The number of amides is 1. The second kappa shape index (κ2) is 8.97. The number of anilines is 1. The molecule has 1 heterocycles. The molecule has 3 rings (SSSR count). The number of halogens is 1. The topological polar surface area (TPSA) is 110 Å². The lowest BCUT2D eigenvalue weighted by Gasteiger charge is -2.10. The number of carbonyl (C=O) groups is 1. The molecule has 0 spiro atoms. The summed E-state index contributed by atoms with van der Waals surface area (Å²) in [5.41, 5.74) is 1.19. The third kappa shape index (κ3) is 5.37. The highest BCUT2D eigenvalue weighted by atomic mass is 32.2. The Morgan fingerprint density at radius 2 is 1.70 bits per heavy atom. The minimum Gasteiger partial charge on any atom is -0.326 e. The van der Waals surface area contributed by atoms with Gasteiger partial charge in [-0.25, -0.2) is 22.2 Å². The predicted octanol–water partition coefficient (Wildman–Crippen LogP) is 1.99. The molecule has 0 aliphatic heterocycles. The maximum atomic E-state index is 13.1. The van der Waals surface area contributed by atoms with Crippen LogP contribution in [0.2, 0.25) is 0 Å². The summed E-state index contributed by atoms with van der Waals surface area (Å²) in [7, 11) is -3.80. The monoisotopic (exact) mass is 430 g/mol. The van der Waals surface area contributed by atoms with E-state index in [4.69, 9.17) is 0 Å². The molecule has 1 amide bonds. The van der Waals surface area contributed by atoms with Gasteiger partial charge in [-0.1, -0.05) is 0 Å².